The third-order valence-corrected chi connectivity index (χ3v) is 7.72. The number of benzene rings is 2. The smallest absolute Gasteiger partial charge is 0.338 e. The molecule has 1 saturated heterocycles. The van der Waals surface area contributed by atoms with Gasteiger partial charge in [-0.2, -0.15) is 4.31 Å². The predicted octanol–water partition coefficient (Wildman–Crippen LogP) is 2.89. The summed E-state index contributed by atoms with van der Waals surface area (Å²) in [5, 5.41) is 2.77. The first-order chi connectivity index (χ1) is 16.2. The van der Waals surface area contributed by atoms with Gasteiger partial charge in [0.05, 0.1) is 23.0 Å². The highest BCUT2D eigenvalue weighted by Crippen LogP contribution is 2.28. The summed E-state index contributed by atoms with van der Waals surface area (Å²) in [4.78, 5) is 38.7. The Morgan fingerprint density at radius 1 is 1.03 bits per heavy atom. The van der Waals surface area contributed by atoms with Crippen LogP contribution in [0.3, 0.4) is 0 Å². The fourth-order valence-electron chi connectivity index (χ4n) is 3.79. The SMILES string of the molecule is CCOC(=O)c1ccc(NC(=O)C2CC(=O)N(c3ccc(S(=O)(=O)N(CC)CC)cc3)C2)cc1. The number of esters is 1. The van der Waals surface area contributed by atoms with Gasteiger partial charge in [0.15, 0.2) is 0 Å². The summed E-state index contributed by atoms with van der Waals surface area (Å²) in [6.45, 7) is 6.48. The van der Waals surface area contributed by atoms with Crippen molar-refractivity contribution in [2.75, 3.05) is 36.5 Å². The lowest BCUT2D eigenvalue weighted by molar-refractivity contribution is -0.122. The maximum Gasteiger partial charge on any atom is 0.338 e. The van der Waals surface area contributed by atoms with E-state index < -0.39 is 21.9 Å². The van der Waals surface area contributed by atoms with Gasteiger partial charge in [-0.3, -0.25) is 9.59 Å². The molecule has 1 fully saturated rings. The Kier molecular flexibility index (Phi) is 8.06. The highest BCUT2D eigenvalue weighted by Gasteiger charge is 2.35. The lowest BCUT2D eigenvalue weighted by Crippen LogP contribution is -2.31. The lowest BCUT2D eigenvalue weighted by atomic mass is 10.1. The summed E-state index contributed by atoms with van der Waals surface area (Å²) in [5.41, 5.74) is 1.43. The van der Waals surface area contributed by atoms with Crippen LogP contribution < -0.4 is 10.2 Å². The Bertz CT molecular complexity index is 1140. The van der Waals surface area contributed by atoms with Gasteiger partial charge in [-0.25, -0.2) is 13.2 Å². The minimum atomic E-state index is -3.59. The average molecular weight is 488 g/mol. The van der Waals surface area contributed by atoms with Gasteiger partial charge in [-0.05, 0) is 55.5 Å². The van der Waals surface area contributed by atoms with Crippen molar-refractivity contribution in [2.45, 2.75) is 32.1 Å². The van der Waals surface area contributed by atoms with Crippen LogP contribution in [0.4, 0.5) is 11.4 Å². The van der Waals surface area contributed by atoms with Gasteiger partial charge < -0.3 is 15.0 Å². The summed E-state index contributed by atoms with van der Waals surface area (Å²) in [5.74, 6) is -1.51. The second-order valence-corrected chi connectivity index (χ2v) is 9.71. The van der Waals surface area contributed by atoms with Crippen molar-refractivity contribution >= 4 is 39.2 Å². The quantitative estimate of drug-likeness (QED) is 0.544. The van der Waals surface area contributed by atoms with Crippen LogP contribution in [0.1, 0.15) is 37.6 Å². The zero-order valence-corrected chi connectivity index (χ0v) is 20.3. The second-order valence-electron chi connectivity index (χ2n) is 7.78. The summed E-state index contributed by atoms with van der Waals surface area (Å²) in [7, 11) is -3.59. The molecule has 2 aromatic rings. The summed E-state index contributed by atoms with van der Waals surface area (Å²) in [6.07, 6.45) is 0.0479. The zero-order chi connectivity index (χ0) is 24.9. The van der Waals surface area contributed by atoms with E-state index in [0.29, 0.717) is 30.0 Å². The van der Waals surface area contributed by atoms with Gasteiger partial charge in [-0.15, -0.1) is 0 Å². The molecule has 1 N–H and O–H groups in total. The molecule has 1 aliphatic heterocycles. The maximum absolute atomic E-state index is 12.7. The third-order valence-electron chi connectivity index (χ3n) is 5.65. The Balaban J connectivity index is 1.65. The number of hydrogen-bond donors (Lipinski definition) is 1. The largest absolute Gasteiger partial charge is 0.462 e. The average Bonchev–Trinajstić information content (AvgIpc) is 3.22. The van der Waals surface area contributed by atoms with Gasteiger partial charge in [0.1, 0.15) is 0 Å². The van der Waals surface area contributed by atoms with Gasteiger partial charge in [0.25, 0.3) is 0 Å². The molecule has 9 nitrogen and oxygen atoms in total. The van der Waals surface area contributed by atoms with Gasteiger partial charge in [0, 0.05) is 37.4 Å². The third kappa shape index (κ3) is 5.45. The standard InChI is InChI=1S/C24H29N3O6S/c1-4-26(5-2)34(31,32)21-13-11-20(12-14-21)27-16-18(15-22(27)28)23(29)25-19-9-7-17(8-10-19)24(30)33-6-3/h7-14,18H,4-6,15-16H2,1-3H3,(H,25,29). The maximum atomic E-state index is 12.7. The molecule has 2 amide bonds. The van der Waals surface area contributed by atoms with Crippen molar-refractivity contribution in [3.8, 4) is 0 Å². The van der Waals surface area contributed by atoms with Gasteiger partial charge >= 0.3 is 5.97 Å². The fraction of sp³-hybridized carbons (Fsp3) is 0.375. The highest BCUT2D eigenvalue weighted by molar-refractivity contribution is 7.89. The van der Waals surface area contributed by atoms with E-state index in [2.05, 4.69) is 5.32 Å². The zero-order valence-electron chi connectivity index (χ0n) is 19.5. The molecule has 0 spiro atoms. The number of ether oxygens (including phenoxy) is 1. The number of rotatable bonds is 9. The molecule has 10 heteroatoms. The Labute approximate surface area is 199 Å². The van der Waals surface area contributed by atoms with Crippen LogP contribution in [-0.4, -0.2) is 56.7 Å². The number of sulfonamides is 1. The lowest BCUT2D eigenvalue weighted by Gasteiger charge is -2.20. The van der Waals surface area contributed by atoms with Crippen molar-refractivity contribution in [1.82, 2.24) is 4.31 Å². The Hall–Kier alpha value is -3.24. The topological polar surface area (TPSA) is 113 Å². The number of anilines is 2. The van der Waals surface area contributed by atoms with Crippen molar-refractivity contribution in [3.63, 3.8) is 0 Å². The fourth-order valence-corrected chi connectivity index (χ4v) is 5.25. The molecule has 0 aromatic heterocycles. The summed E-state index contributed by atoms with van der Waals surface area (Å²) in [6, 6.07) is 12.5. The molecular weight excluding hydrogens is 458 g/mol. The van der Waals surface area contributed by atoms with E-state index in [4.69, 9.17) is 4.74 Å². The Morgan fingerprint density at radius 3 is 2.21 bits per heavy atom. The van der Waals surface area contributed by atoms with Crippen LogP contribution >= 0.6 is 0 Å². The summed E-state index contributed by atoms with van der Waals surface area (Å²) >= 11 is 0. The van der Waals surface area contributed by atoms with E-state index in [0.717, 1.165) is 0 Å². The number of hydrogen-bond acceptors (Lipinski definition) is 6. The Morgan fingerprint density at radius 2 is 1.65 bits per heavy atom. The first kappa shape index (κ1) is 25.4. The molecule has 1 unspecified atom stereocenters. The van der Waals surface area contributed by atoms with Crippen LogP contribution in [0.25, 0.3) is 0 Å². The van der Waals surface area contributed by atoms with Crippen molar-refractivity contribution in [1.29, 1.82) is 0 Å². The molecule has 0 saturated carbocycles. The van der Waals surface area contributed by atoms with Crippen molar-refractivity contribution < 1.29 is 27.5 Å². The molecular formula is C24H29N3O6S. The molecule has 1 aliphatic rings. The molecule has 3 rings (SSSR count). The number of nitrogens with one attached hydrogen (secondary N) is 1. The second kappa shape index (κ2) is 10.8. The molecule has 34 heavy (non-hydrogen) atoms. The molecule has 2 aromatic carbocycles. The van der Waals surface area contributed by atoms with E-state index in [1.54, 1.807) is 57.2 Å². The molecule has 1 heterocycles. The predicted molar refractivity (Wildman–Crippen MR) is 128 cm³/mol. The van der Waals surface area contributed by atoms with E-state index in [9.17, 15) is 22.8 Å². The van der Waals surface area contributed by atoms with Crippen LogP contribution in [0, 0.1) is 5.92 Å². The van der Waals surface area contributed by atoms with E-state index in [1.807, 2.05) is 0 Å². The molecule has 1 atom stereocenters. The van der Waals surface area contributed by atoms with E-state index >= 15 is 0 Å². The number of carbonyl (C=O) groups excluding carboxylic acids is 3. The monoisotopic (exact) mass is 487 g/mol. The minimum Gasteiger partial charge on any atom is -0.462 e. The van der Waals surface area contributed by atoms with Crippen LogP contribution in [-0.2, 0) is 24.3 Å². The molecule has 182 valence electrons. The number of amides is 2. The van der Waals surface area contributed by atoms with Crippen LogP contribution in [0.5, 0.6) is 0 Å². The first-order valence-electron chi connectivity index (χ1n) is 11.2. The first-order valence-corrected chi connectivity index (χ1v) is 12.6. The van der Waals surface area contributed by atoms with Crippen molar-refractivity contribution in [3.05, 3.63) is 54.1 Å². The molecule has 0 radical (unpaired) electrons. The van der Waals surface area contributed by atoms with E-state index in [1.165, 1.54) is 21.3 Å². The normalized spacial score (nSPS) is 16.1. The molecule has 0 aliphatic carbocycles. The summed E-state index contributed by atoms with van der Waals surface area (Å²) < 4.78 is 31.6. The van der Waals surface area contributed by atoms with Crippen molar-refractivity contribution in [2.24, 2.45) is 5.92 Å². The highest BCUT2D eigenvalue weighted by atomic mass is 32.2. The van der Waals surface area contributed by atoms with E-state index in [-0.39, 0.29) is 36.3 Å². The minimum absolute atomic E-state index is 0.0479. The van der Waals surface area contributed by atoms with Gasteiger partial charge in [0.2, 0.25) is 21.8 Å². The van der Waals surface area contributed by atoms with Crippen LogP contribution in [0.15, 0.2) is 53.4 Å². The van der Waals surface area contributed by atoms with Gasteiger partial charge in [-0.1, -0.05) is 13.8 Å². The van der Waals surface area contributed by atoms with Crippen LogP contribution in [0.2, 0.25) is 0 Å². The molecule has 0 bridgehead atoms. The number of nitrogens with zero attached hydrogens (tertiary/aromatic N) is 2. The number of carbonyl (C=O) groups is 3.